The number of nitrogen functional groups attached to an aromatic ring is 1. The minimum atomic E-state index is 0.581. The number of aromatic nitrogens is 1. The maximum absolute atomic E-state index is 6.01. The number of anilines is 2. The van der Waals surface area contributed by atoms with Crippen molar-refractivity contribution in [2.75, 3.05) is 17.3 Å². The second kappa shape index (κ2) is 5.29. The van der Waals surface area contributed by atoms with Gasteiger partial charge in [0.25, 0.3) is 0 Å². The van der Waals surface area contributed by atoms with Crippen LogP contribution in [0.15, 0.2) is 30.6 Å². The van der Waals surface area contributed by atoms with Crippen molar-refractivity contribution >= 4 is 33.9 Å². The Morgan fingerprint density at radius 1 is 1.26 bits per heavy atom. The molecule has 0 aliphatic heterocycles. The van der Waals surface area contributed by atoms with Crippen molar-refractivity contribution in [2.45, 2.75) is 30.6 Å². The predicted octanol–water partition coefficient (Wildman–Crippen LogP) is 3.51. The molecule has 1 aliphatic carbocycles. The maximum Gasteiger partial charge on any atom is 0.0424 e. The van der Waals surface area contributed by atoms with E-state index < -0.39 is 0 Å². The summed E-state index contributed by atoms with van der Waals surface area (Å²) < 4.78 is 0. The molecule has 0 radical (unpaired) electrons. The summed E-state index contributed by atoms with van der Waals surface area (Å²) in [7, 11) is 0. The average Bonchev–Trinajstić information content (AvgIpc) is 2.90. The maximum atomic E-state index is 6.01. The van der Waals surface area contributed by atoms with Crippen LogP contribution in [-0.4, -0.2) is 22.5 Å². The van der Waals surface area contributed by atoms with Crippen LogP contribution in [-0.2, 0) is 0 Å². The van der Waals surface area contributed by atoms with E-state index in [1.807, 2.05) is 36.3 Å². The number of benzene rings is 1. The van der Waals surface area contributed by atoms with Crippen LogP contribution in [0.4, 0.5) is 11.4 Å². The lowest BCUT2D eigenvalue weighted by atomic mass is 10.1. The minimum Gasteiger partial charge on any atom is -0.398 e. The van der Waals surface area contributed by atoms with Gasteiger partial charge in [0, 0.05) is 45.8 Å². The Morgan fingerprint density at radius 3 is 2.95 bits per heavy atom. The van der Waals surface area contributed by atoms with Crippen LogP contribution in [0.2, 0.25) is 0 Å². The number of nitrogens with two attached hydrogens (primary N) is 1. The largest absolute Gasteiger partial charge is 0.398 e. The zero-order valence-corrected chi connectivity index (χ0v) is 11.9. The number of pyridine rings is 1. The Bertz CT molecular complexity index is 585. The van der Waals surface area contributed by atoms with Gasteiger partial charge in [0.05, 0.1) is 0 Å². The van der Waals surface area contributed by atoms with Gasteiger partial charge in [-0.1, -0.05) is 0 Å². The molecule has 3 nitrogen and oxygen atoms in total. The number of nitrogens with zero attached hydrogens (tertiary/aromatic N) is 1. The fourth-order valence-electron chi connectivity index (χ4n) is 2.84. The third-order valence-electron chi connectivity index (χ3n) is 3.93. The van der Waals surface area contributed by atoms with Crippen molar-refractivity contribution < 1.29 is 0 Å². The minimum absolute atomic E-state index is 0.581. The van der Waals surface area contributed by atoms with Crippen LogP contribution < -0.4 is 11.1 Å². The zero-order valence-electron chi connectivity index (χ0n) is 11.1. The summed E-state index contributed by atoms with van der Waals surface area (Å²) in [5.41, 5.74) is 7.98. The fraction of sp³-hybridized carbons (Fsp3) is 0.400. The van der Waals surface area contributed by atoms with Crippen molar-refractivity contribution in [3.8, 4) is 0 Å². The molecule has 3 rings (SSSR count). The smallest absolute Gasteiger partial charge is 0.0424 e. The Morgan fingerprint density at radius 2 is 2.16 bits per heavy atom. The standard InChI is InChI=1S/C15H19N3S/c1-19-11-3-2-10(8-11)18-15-5-4-14(16)13-9-17-7-6-12(13)15/h4-7,9-11,18H,2-3,8,16H2,1H3. The van der Waals surface area contributed by atoms with E-state index in [1.54, 1.807) is 0 Å². The lowest BCUT2D eigenvalue weighted by molar-refractivity contribution is 0.758. The molecule has 4 heteroatoms. The molecule has 0 saturated heterocycles. The van der Waals surface area contributed by atoms with E-state index in [0.29, 0.717) is 6.04 Å². The van der Waals surface area contributed by atoms with Crippen molar-refractivity contribution in [1.82, 2.24) is 4.98 Å². The molecule has 1 aromatic heterocycles. The van der Waals surface area contributed by atoms with Crippen LogP contribution in [0.25, 0.3) is 10.8 Å². The van der Waals surface area contributed by atoms with E-state index in [9.17, 15) is 0 Å². The van der Waals surface area contributed by atoms with E-state index in [0.717, 1.165) is 16.3 Å². The van der Waals surface area contributed by atoms with Gasteiger partial charge in [-0.2, -0.15) is 11.8 Å². The van der Waals surface area contributed by atoms with Gasteiger partial charge >= 0.3 is 0 Å². The highest BCUT2D eigenvalue weighted by Gasteiger charge is 2.24. The number of rotatable bonds is 3. The van der Waals surface area contributed by atoms with Gasteiger partial charge in [-0.15, -0.1) is 0 Å². The molecule has 1 aromatic carbocycles. The molecule has 0 spiro atoms. The molecule has 1 heterocycles. The van der Waals surface area contributed by atoms with E-state index in [-0.39, 0.29) is 0 Å². The van der Waals surface area contributed by atoms with Gasteiger partial charge in [0.2, 0.25) is 0 Å². The normalized spacial score (nSPS) is 22.8. The first-order valence-electron chi connectivity index (χ1n) is 6.69. The summed E-state index contributed by atoms with van der Waals surface area (Å²) in [5, 5.41) is 6.69. The first-order valence-corrected chi connectivity index (χ1v) is 7.98. The molecule has 0 bridgehead atoms. The van der Waals surface area contributed by atoms with E-state index >= 15 is 0 Å². The Labute approximate surface area is 118 Å². The summed E-state index contributed by atoms with van der Waals surface area (Å²) >= 11 is 1.98. The van der Waals surface area contributed by atoms with E-state index in [4.69, 9.17) is 5.73 Å². The number of thioether (sulfide) groups is 1. The van der Waals surface area contributed by atoms with Gasteiger partial charge in [-0.05, 0) is 43.7 Å². The molecule has 1 fully saturated rings. The van der Waals surface area contributed by atoms with Crippen LogP contribution >= 0.6 is 11.8 Å². The third-order valence-corrected chi connectivity index (χ3v) is 5.02. The highest BCUT2D eigenvalue weighted by atomic mass is 32.2. The fourth-order valence-corrected chi connectivity index (χ4v) is 3.64. The highest BCUT2D eigenvalue weighted by molar-refractivity contribution is 7.99. The lowest BCUT2D eigenvalue weighted by Crippen LogP contribution is -2.16. The van der Waals surface area contributed by atoms with E-state index in [2.05, 4.69) is 22.6 Å². The molecule has 3 N–H and O–H groups in total. The van der Waals surface area contributed by atoms with Gasteiger partial charge in [0.1, 0.15) is 0 Å². The predicted molar refractivity (Wildman–Crippen MR) is 84.7 cm³/mol. The molecule has 19 heavy (non-hydrogen) atoms. The second-order valence-electron chi connectivity index (χ2n) is 5.14. The van der Waals surface area contributed by atoms with E-state index in [1.165, 1.54) is 30.3 Å². The monoisotopic (exact) mass is 273 g/mol. The van der Waals surface area contributed by atoms with Gasteiger partial charge in [-0.25, -0.2) is 0 Å². The van der Waals surface area contributed by atoms with Crippen molar-refractivity contribution in [1.29, 1.82) is 0 Å². The summed E-state index contributed by atoms with van der Waals surface area (Å²) in [5.74, 6) is 0. The molecule has 0 amide bonds. The molecule has 100 valence electrons. The molecule has 2 aromatic rings. The van der Waals surface area contributed by atoms with Crippen LogP contribution in [0.5, 0.6) is 0 Å². The number of fused-ring (bicyclic) bond motifs is 1. The summed E-state index contributed by atoms with van der Waals surface area (Å²) in [6.45, 7) is 0. The van der Waals surface area contributed by atoms with Crippen LogP contribution in [0, 0.1) is 0 Å². The van der Waals surface area contributed by atoms with Crippen molar-refractivity contribution in [3.05, 3.63) is 30.6 Å². The highest BCUT2D eigenvalue weighted by Crippen LogP contribution is 2.33. The zero-order chi connectivity index (χ0) is 13.2. The lowest BCUT2D eigenvalue weighted by Gasteiger charge is -2.16. The van der Waals surface area contributed by atoms with Crippen molar-refractivity contribution in [3.63, 3.8) is 0 Å². The van der Waals surface area contributed by atoms with Crippen LogP contribution in [0.1, 0.15) is 19.3 Å². The third kappa shape index (κ3) is 2.50. The molecular weight excluding hydrogens is 254 g/mol. The van der Waals surface area contributed by atoms with Crippen molar-refractivity contribution in [2.24, 2.45) is 0 Å². The van der Waals surface area contributed by atoms with Gasteiger partial charge in [-0.3, -0.25) is 4.98 Å². The molecule has 2 unspecified atom stereocenters. The molecule has 2 atom stereocenters. The Hall–Kier alpha value is -1.42. The summed E-state index contributed by atoms with van der Waals surface area (Å²) in [6, 6.07) is 6.67. The molecule has 1 aliphatic rings. The summed E-state index contributed by atoms with van der Waals surface area (Å²) in [4.78, 5) is 4.16. The first-order chi connectivity index (χ1) is 9.28. The number of hydrogen-bond acceptors (Lipinski definition) is 4. The molecular formula is C15H19N3S. The van der Waals surface area contributed by atoms with Crippen LogP contribution in [0.3, 0.4) is 0 Å². The quantitative estimate of drug-likeness (QED) is 0.840. The second-order valence-corrected chi connectivity index (χ2v) is 6.27. The SMILES string of the molecule is CSC1CCC(Nc2ccc(N)c3cnccc23)C1. The Kier molecular flexibility index (Phi) is 3.51. The van der Waals surface area contributed by atoms with Gasteiger partial charge in [0.15, 0.2) is 0 Å². The van der Waals surface area contributed by atoms with Gasteiger partial charge < -0.3 is 11.1 Å². The molecule has 1 saturated carbocycles. The number of hydrogen-bond donors (Lipinski definition) is 2. The Balaban J connectivity index is 1.87. The number of nitrogens with one attached hydrogen (secondary N) is 1. The first kappa shape index (κ1) is 12.6. The summed E-state index contributed by atoms with van der Waals surface area (Å²) in [6.07, 6.45) is 9.69. The average molecular weight is 273 g/mol. The topological polar surface area (TPSA) is 50.9 Å².